The molecule has 0 saturated heterocycles. The number of benzene rings is 6. The Morgan fingerprint density at radius 2 is 0.907 bits per heavy atom. The molecule has 0 atom stereocenters. The Labute approximate surface area is 245 Å². The van der Waals surface area contributed by atoms with Crippen molar-refractivity contribution in [3.05, 3.63) is 132 Å². The third-order valence-corrected chi connectivity index (χ3v) is 8.54. The number of hydrogen-bond acceptors (Lipinski definition) is 3. The predicted octanol–water partition coefficient (Wildman–Crippen LogP) is 9.52. The quantitative estimate of drug-likeness (QED) is 0.216. The number of aromatic nitrogens is 2. The molecule has 9 aromatic rings. The fourth-order valence-corrected chi connectivity index (χ4v) is 6.78. The molecule has 5 nitrogen and oxygen atoms in total. The molecule has 0 spiro atoms. The number of para-hydroxylation sites is 2. The summed E-state index contributed by atoms with van der Waals surface area (Å²) in [7, 11) is 0. The molecule has 0 radical (unpaired) electrons. The van der Waals surface area contributed by atoms with Gasteiger partial charge in [-0.25, -0.2) is 0 Å². The number of fused-ring (bicyclic) bond motifs is 11. The molecule has 43 heavy (non-hydrogen) atoms. The van der Waals surface area contributed by atoms with Gasteiger partial charge in [-0.05, 0) is 72.8 Å². The normalized spacial score (nSPS) is 11.7. The van der Waals surface area contributed by atoms with Crippen molar-refractivity contribution in [2.24, 2.45) is 0 Å². The fraction of sp³-hybridized carbons (Fsp3) is 0. The Kier molecular flexibility index (Phi) is 4.68. The first-order chi connectivity index (χ1) is 21.2. The summed E-state index contributed by atoms with van der Waals surface area (Å²) >= 11 is 0. The maximum atomic E-state index is 9.58. The van der Waals surface area contributed by atoms with Crippen LogP contribution in [0.2, 0.25) is 0 Å². The van der Waals surface area contributed by atoms with Crippen molar-refractivity contribution in [1.29, 1.82) is 10.5 Å². The van der Waals surface area contributed by atoms with Gasteiger partial charge in [0.15, 0.2) is 0 Å². The SMILES string of the molecule is N#Cc1cccc(-n2c3ccccc3c3c4oc5c(ccc6c5c5ccccc5n6-c5cccc(C#N)c5)c4ccc32)c1. The topological polar surface area (TPSA) is 70.6 Å². The molecule has 0 unspecified atom stereocenters. The van der Waals surface area contributed by atoms with Gasteiger partial charge in [-0.15, -0.1) is 0 Å². The maximum Gasteiger partial charge on any atom is 0.145 e. The summed E-state index contributed by atoms with van der Waals surface area (Å²) in [5, 5.41) is 25.6. The van der Waals surface area contributed by atoms with E-state index in [1.807, 2.05) is 60.7 Å². The van der Waals surface area contributed by atoms with Crippen molar-refractivity contribution in [3.63, 3.8) is 0 Å². The highest BCUT2D eigenvalue weighted by atomic mass is 16.3. The molecule has 3 heterocycles. The van der Waals surface area contributed by atoms with Crippen LogP contribution in [0.15, 0.2) is 126 Å². The lowest BCUT2D eigenvalue weighted by Crippen LogP contribution is -1.94. The van der Waals surface area contributed by atoms with Crippen molar-refractivity contribution in [2.45, 2.75) is 0 Å². The average Bonchev–Trinajstić information content (AvgIpc) is 3.72. The highest BCUT2D eigenvalue weighted by Crippen LogP contribution is 2.44. The van der Waals surface area contributed by atoms with E-state index in [1.165, 1.54) is 0 Å². The van der Waals surface area contributed by atoms with Crippen molar-refractivity contribution in [1.82, 2.24) is 9.13 Å². The molecule has 198 valence electrons. The van der Waals surface area contributed by atoms with Gasteiger partial charge in [-0.1, -0.05) is 48.5 Å². The molecule has 0 saturated carbocycles. The van der Waals surface area contributed by atoms with Crippen molar-refractivity contribution < 1.29 is 4.42 Å². The van der Waals surface area contributed by atoms with Gasteiger partial charge in [0.05, 0.1) is 56.1 Å². The molecule has 3 aromatic heterocycles. The molecular formula is C38H20N4O. The van der Waals surface area contributed by atoms with E-state index in [2.05, 4.69) is 81.9 Å². The Hall–Kier alpha value is -6.30. The van der Waals surface area contributed by atoms with E-state index >= 15 is 0 Å². The zero-order chi connectivity index (χ0) is 28.7. The Bertz CT molecular complexity index is 2520. The summed E-state index contributed by atoms with van der Waals surface area (Å²) in [5.74, 6) is 0. The Morgan fingerprint density at radius 3 is 1.37 bits per heavy atom. The summed E-state index contributed by atoms with van der Waals surface area (Å²) in [6, 6.07) is 45.3. The van der Waals surface area contributed by atoms with Crippen molar-refractivity contribution >= 4 is 65.6 Å². The monoisotopic (exact) mass is 548 g/mol. The van der Waals surface area contributed by atoms with Gasteiger partial charge in [0.2, 0.25) is 0 Å². The van der Waals surface area contributed by atoms with Crippen LogP contribution in [0, 0.1) is 22.7 Å². The molecule has 0 N–H and O–H groups in total. The van der Waals surface area contributed by atoms with Crippen LogP contribution >= 0.6 is 0 Å². The van der Waals surface area contributed by atoms with Gasteiger partial charge in [0.25, 0.3) is 0 Å². The van der Waals surface area contributed by atoms with Crippen LogP contribution in [0.4, 0.5) is 0 Å². The van der Waals surface area contributed by atoms with Crippen molar-refractivity contribution in [2.75, 3.05) is 0 Å². The molecule has 0 aliphatic heterocycles. The van der Waals surface area contributed by atoms with Crippen LogP contribution in [0.25, 0.3) is 76.9 Å². The Balaban J connectivity index is 1.43. The summed E-state index contributed by atoms with van der Waals surface area (Å²) in [5.41, 5.74) is 8.95. The number of furan rings is 1. The maximum absolute atomic E-state index is 9.58. The van der Waals surface area contributed by atoms with E-state index in [9.17, 15) is 10.5 Å². The minimum Gasteiger partial charge on any atom is -0.455 e. The average molecular weight is 549 g/mol. The first kappa shape index (κ1) is 23.4. The van der Waals surface area contributed by atoms with E-state index in [0.29, 0.717) is 11.1 Å². The number of nitrogens with zero attached hydrogens (tertiary/aromatic N) is 4. The summed E-state index contributed by atoms with van der Waals surface area (Å²) in [6.07, 6.45) is 0. The standard InChI is InChI=1S/C38H20N4O/c39-21-23-7-5-9-25(19-23)41-31-13-3-1-11-29(31)35-33(41)17-15-27-28-16-18-34-36(38(28)43-37(27)35)30-12-2-4-14-32(30)42(34)26-10-6-8-24(20-26)22-40/h1-20H. The first-order valence-electron chi connectivity index (χ1n) is 14.1. The molecule has 5 heteroatoms. The molecule has 0 fully saturated rings. The van der Waals surface area contributed by atoms with Gasteiger partial charge in [0.1, 0.15) is 11.2 Å². The van der Waals surface area contributed by atoms with Crippen LogP contribution < -0.4 is 0 Å². The molecule has 0 amide bonds. The predicted molar refractivity (Wildman–Crippen MR) is 172 cm³/mol. The second-order valence-corrected chi connectivity index (χ2v) is 10.8. The minimum absolute atomic E-state index is 0.618. The summed E-state index contributed by atoms with van der Waals surface area (Å²) < 4.78 is 11.4. The van der Waals surface area contributed by atoms with Crippen LogP contribution in [-0.4, -0.2) is 9.13 Å². The first-order valence-corrected chi connectivity index (χ1v) is 14.1. The van der Waals surface area contributed by atoms with Gasteiger partial charge in [-0.3, -0.25) is 0 Å². The van der Waals surface area contributed by atoms with Crippen LogP contribution in [0.1, 0.15) is 11.1 Å². The lowest BCUT2D eigenvalue weighted by Gasteiger charge is -2.08. The fourth-order valence-electron chi connectivity index (χ4n) is 6.78. The molecule has 9 rings (SSSR count). The smallest absolute Gasteiger partial charge is 0.145 e. The van der Waals surface area contributed by atoms with Crippen LogP contribution in [0.5, 0.6) is 0 Å². The summed E-state index contributed by atoms with van der Waals surface area (Å²) in [6.45, 7) is 0. The number of nitriles is 2. The van der Waals surface area contributed by atoms with Gasteiger partial charge in [0, 0.05) is 32.9 Å². The number of hydrogen-bond donors (Lipinski definition) is 0. The van der Waals surface area contributed by atoms with Crippen LogP contribution in [-0.2, 0) is 0 Å². The van der Waals surface area contributed by atoms with E-state index in [-0.39, 0.29) is 0 Å². The molecular weight excluding hydrogens is 528 g/mol. The van der Waals surface area contributed by atoms with E-state index in [0.717, 1.165) is 76.9 Å². The second kappa shape index (κ2) is 8.60. The van der Waals surface area contributed by atoms with Crippen molar-refractivity contribution in [3.8, 4) is 23.5 Å². The zero-order valence-electron chi connectivity index (χ0n) is 22.7. The highest BCUT2D eigenvalue weighted by molar-refractivity contribution is 6.28. The minimum atomic E-state index is 0.618. The van der Waals surface area contributed by atoms with E-state index < -0.39 is 0 Å². The van der Waals surface area contributed by atoms with E-state index in [4.69, 9.17) is 4.42 Å². The van der Waals surface area contributed by atoms with Gasteiger partial charge in [-0.2, -0.15) is 10.5 Å². The lowest BCUT2D eigenvalue weighted by atomic mass is 10.1. The highest BCUT2D eigenvalue weighted by Gasteiger charge is 2.22. The largest absolute Gasteiger partial charge is 0.455 e. The molecule has 0 bridgehead atoms. The molecule has 0 aliphatic rings. The second-order valence-electron chi connectivity index (χ2n) is 10.8. The molecule has 0 aliphatic carbocycles. The van der Waals surface area contributed by atoms with Crippen LogP contribution in [0.3, 0.4) is 0 Å². The summed E-state index contributed by atoms with van der Waals surface area (Å²) in [4.78, 5) is 0. The van der Waals surface area contributed by atoms with Gasteiger partial charge < -0.3 is 13.6 Å². The van der Waals surface area contributed by atoms with Gasteiger partial charge >= 0.3 is 0 Å². The third-order valence-electron chi connectivity index (χ3n) is 8.54. The molecule has 6 aromatic carbocycles. The number of rotatable bonds is 2. The lowest BCUT2D eigenvalue weighted by molar-refractivity contribution is 0.677. The zero-order valence-corrected chi connectivity index (χ0v) is 22.7. The third kappa shape index (κ3) is 3.14. The van der Waals surface area contributed by atoms with E-state index in [1.54, 1.807) is 0 Å². The Morgan fingerprint density at radius 1 is 0.442 bits per heavy atom.